The SMILES string of the molecule is CCOc1ccc(C(NC(=O)c2ccco2)C(C)C)cc1OCC. The Labute approximate surface area is 143 Å². The van der Waals surface area contributed by atoms with Crippen molar-refractivity contribution in [1.82, 2.24) is 5.32 Å². The van der Waals surface area contributed by atoms with E-state index in [9.17, 15) is 4.79 Å². The van der Waals surface area contributed by atoms with Crippen molar-refractivity contribution in [3.05, 3.63) is 47.9 Å². The van der Waals surface area contributed by atoms with Crippen LogP contribution in [0.4, 0.5) is 0 Å². The lowest BCUT2D eigenvalue weighted by molar-refractivity contribution is 0.0897. The molecule has 1 heterocycles. The van der Waals surface area contributed by atoms with Gasteiger partial charge in [-0.2, -0.15) is 0 Å². The zero-order valence-electron chi connectivity index (χ0n) is 14.7. The molecule has 1 atom stereocenters. The van der Waals surface area contributed by atoms with Gasteiger partial charge in [-0.3, -0.25) is 4.79 Å². The summed E-state index contributed by atoms with van der Waals surface area (Å²) in [5.41, 5.74) is 0.969. The largest absolute Gasteiger partial charge is 0.490 e. The molecule has 1 aromatic carbocycles. The summed E-state index contributed by atoms with van der Waals surface area (Å²) >= 11 is 0. The summed E-state index contributed by atoms with van der Waals surface area (Å²) in [5, 5.41) is 3.03. The average Bonchev–Trinajstić information content (AvgIpc) is 3.09. The number of carbonyl (C=O) groups is 1. The summed E-state index contributed by atoms with van der Waals surface area (Å²) in [7, 11) is 0. The van der Waals surface area contributed by atoms with Gasteiger partial charge in [-0.25, -0.2) is 0 Å². The molecule has 24 heavy (non-hydrogen) atoms. The van der Waals surface area contributed by atoms with E-state index in [-0.39, 0.29) is 17.9 Å². The monoisotopic (exact) mass is 331 g/mol. The molecular formula is C19H25NO4. The third-order valence-electron chi connectivity index (χ3n) is 3.62. The van der Waals surface area contributed by atoms with E-state index >= 15 is 0 Å². The minimum atomic E-state index is -0.231. The van der Waals surface area contributed by atoms with Gasteiger partial charge in [0.25, 0.3) is 5.91 Å². The van der Waals surface area contributed by atoms with Gasteiger partial charge in [0, 0.05) is 0 Å². The van der Waals surface area contributed by atoms with E-state index in [1.165, 1.54) is 6.26 Å². The van der Waals surface area contributed by atoms with Crippen LogP contribution < -0.4 is 14.8 Å². The predicted molar refractivity (Wildman–Crippen MR) is 92.5 cm³/mol. The third-order valence-corrected chi connectivity index (χ3v) is 3.62. The van der Waals surface area contributed by atoms with Gasteiger partial charge in [0.2, 0.25) is 0 Å². The number of rotatable bonds is 8. The van der Waals surface area contributed by atoms with E-state index in [4.69, 9.17) is 13.9 Å². The Hall–Kier alpha value is -2.43. The molecule has 5 heteroatoms. The highest BCUT2D eigenvalue weighted by Crippen LogP contribution is 2.33. The van der Waals surface area contributed by atoms with Crippen molar-refractivity contribution in [2.45, 2.75) is 33.7 Å². The van der Waals surface area contributed by atoms with Crippen LogP contribution in [0.5, 0.6) is 11.5 Å². The maximum absolute atomic E-state index is 12.3. The van der Waals surface area contributed by atoms with Gasteiger partial charge in [-0.1, -0.05) is 19.9 Å². The fraction of sp³-hybridized carbons (Fsp3) is 0.421. The van der Waals surface area contributed by atoms with Crippen LogP contribution in [0.25, 0.3) is 0 Å². The van der Waals surface area contributed by atoms with E-state index < -0.39 is 0 Å². The number of benzene rings is 1. The van der Waals surface area contributed by atoms with Crippen LogP contribution in [-0.2, 0) is 0 Å². The van der Waals surface area contributed by atoms with Gasteiger partial charge in [-0.05, 0) is 49.6 Å². The van der Waals surface area contributed by atoms with Crippen molar-refractivity contribution in [2.75, 3.05) is 13.2 Å². The first-order valence-electron chi connectivity index (χ1n) is 8.30. The number of ether oxygens (including phenoxy) is 2. The topological polar surface area (TPSA) is 60.7 Å². The molecule has 0 aliphatic rings. The normalized spacial score (nSPS) is 12.0. The highest BCUT2D eigenvalue weighted by Gasteiger charge is 2.22. The lowest BCUT2D eigenvalue weighted by Gasteiger charge is -2.23. The summed E-state index contributed by atoms with van der Waals surface area (Å²) in [6, 6.07) is 8.97. The first-order valence-corrected chi connectivity index (χ1v) is 8.30. The number of hydrogen-bond donors (Lipinski definition) is 1. The molecule has 2 aromatic rings. The van der Waals surface area contributed by atoms with Crippen molar-refractivity contribution < 1.29 is 18.7 Å². The molecule has 0 aliphatic carbocycles. The second-order valence-electron chi connectivity index (χ2n) is 5.74. The molecule has 1 amide bonds. The maximum Gasteiger partial charge on any atom is 0.287 e. The Balaban J connectivity index is 2.26. The lowest BCUT2D eigenvalue weighted by Crippen LogP contribution is -2.31. The highest BCUT2D eigenvalue weighted by molar-refractivity contribution is 5.91. The number of furan rings is 1. The summed E-state index contributed by atoms with van der Waals surface area (Å²) in [4.78, 5) is 12.3. The smallest absolute Gasteiger partial charge is 0.287 e. The van der Waals surface area contributed by atoms with Gasteiger partial charge < -0.3 is 19.2 Å². The van der Waals surface area contributed by atoms with Crippen molar-refractivity contribution in [3.63, 3.8) is 0 Å². The van der Waals surface area contributed by atoms with Gasteiger partial charge in [0.15, 0.2) is 17.3 Å². The van der Waals surface area contributed by atoms with Gasteiger partial charge >= 0.3 is 0 Å². The van der Waals surface area contributed by atoms with E-state index in [0.29, 0.717) is 30.5 Å². The minimum Gasteiger partial charge on any atom is -0.490 e. The molecule has 0 aliphatic heterocycles. The number of hydrogen-bond acceptors (Lipinski definition) is 4. The van der Waals surface area contributed by atoms with Crippen LogP contribution in [0.1, 0.15) is 49.9 Å². The molecule has 0 saturated carbocycles. The second kappa shape index (κ2) is 8.43. The zero-order chi connectivity index (χ0) is 17.5. The Morgan fingerprint density at radius 3 is 2.42 bits per heavy atom. The van der Waals surface area contributed by atoms with Crippen molar-refractivity contribution in [2.24, 2.45) is 5.92 Å². The van der Waals surface area contributed by atoms with Crippen LogP contribution in [0.3, 0.4) is 0 Å². The minimum absolute atomic E-state index is 0.155. The molecule has 0 saturated heterocycles. The first-order chi connectivity index (χ1) is 11.6. The standard InChI is InChI=1S/C19H25NO4/c1-5-22-15-10-9-14(12-17(15)23-6-2)18(13(3)4)20-19(21)16-8-7-11-24-16/h7-13,18H,5-6H2,1-4H3,(H,20,21). The molecule has 130 valence electrons. The van der Waals surface area contributed by atoms with Crippen LogP contribution >= 0.6 is 0 Å². The zero-order valence-corrected chi connectivity index (χ0v) is 14.7. The average molecular weight is 331 g/mol. The van der Waals surface area contributed by atoms with Gasteiger partial charge in [0.05, 0.1) is 25.5 Å². The van der Waals surface area contributed by atoms with Crippen molar-refractivity contribution in [1.29, 1.82) is 0 Å². The van der Waals surface area contributed by atoms with Gasteiger partial charge in [-0.15, -0.1) is 0 Å². The van der Waals surface area contributed by atoms with Gasteiger partial charge in [0.1, 0.15) is 0 Å². The highest BCUT2D eigenvalue weighted by atomic mass is 16.5. The number of amides is 1. The van der Waals surface area contributed by atoms with Crippen LogP contribution in [-0.4, -0.2) is 19.1 Å². The van der Waals surface area contributed by atoms with E-state index in [0.717, 1.165) is 5.56 Å². The fourth-order valence-corrected chi connectivity index (χ4v) is 2.52. The van der Waals surface area contributed by atoms with E-state index in [1.807, 2.05) is 32.0 Å². The molecule has 2 rings (SSSR count). The maximum atomic E-state index is 12.3. The Bertz CT molecular complexity index is 649. The quantitative estimate of drug-likeness (QED) is 0.787. The van der Waals surface area contributed by atoms with E-state index in [2.05, 4.69) is 19.2 Å². The molecule has 5 nitrogen and oxygen atoms in total. The van der Waals surface area contributed by atoms with Crippen LogP contribution in [0.2, 0.25) is 0 Å². The molecular weight excluding hydrogens is 306 g/mol. The summed E-state index contributed by atoms with van der Waals surface area (Å²) in [6.45, 7) is 9.11. The molecule has 1 aromatic heterocycles. The summed E-state index contributed by atoms with van der Waals surface area (Å²) < 4.78 is 16.4. The summed E-state index contributed by atoms with van der Waals surface area (Å²) in [5.74, 6) is 1.68. The number of nitrogens with one attached hydrogen (secondary N) is 1. The molecule has 0 radical (unpaired) electrons. The molecule has 0 fully saturated rings. The molecule has 1 N–H and O–H groups in total. The Morgan fingerprint density at radius 2 is 1.83 bits per heavy atom. The summed E-state index contributed by atoms with van der Waals surface area (Å²) in [6.07, 6.45) is 1.49. The first kappa shape index (κ1) is 17.9. The fourth-order valence-electron chi connectivity index (χ4n) is 2.52. The molecule has 0 spiro atoms. The Morgan fingerprint density at radius 1 is 1.12 bits per heavy atom. The molecule has 1 unspecified atom stereocenters. The van der Waals surface area contributed by atoms with Crippen LogP contribution in [0, 0.1) is 5.92 Å². The second-order valence-corrected chi connectivity index (χ2v) is 5.74. The van der Waals surface area contributed by atoms with Crippen molar-refractivity contribution in [3.8, 4) is 11.5 Å². The van der Waals surface area contributed by atoms with Crippen molar-refractivity contribution >= 4 is 5.91 Å². The lowest BCUT2D eigenvalue weighted by atomic mass is 9.95. The number of carbonyl (C=O) groups excluding carboxylic acids is 1. The van der Waals surface area contributed by atoms with Crippen LogP contribution in [0.15, 0.2) is 41.0 Å². The van der Waals surface area contributed by atoms with E-state index in [1.54, 1.807) is 12.1 Å². The third kappa shape index (κ3) is 4.31. The Kier molecular flexibility index (Phi) is 6.29. The molecule has 0 bridgehead atoms. The predicted octanol–water partition coefficient (Wildman–Crippen LogP) is 4.20.